The van der Waals surface area contributed by atoms with Crippen molar-refractivity contribution in [2.45, 2.75) is 25.0 Å². The zero-order valence-electron chi connectivity index (χ0n) is 14.9. The van der Waals surface area contributed by atoms with Gasteiger partial charge in [-0.2, -0.15) is 0 Å². The third-order valence-electron chi connectivity index (χ3n) is 4.75. The molecule has 6 nitrogen and oxygen atoms in total. The minimum atomic E-state index is -0.974. The number of carbonyl (C=O) groups excluding carboxylic acids is 2. The normalized spacial score (nSPS) is 19.4. The van der Waals surface area contributed by atoms with E-state index >= 15 is 0 Å². The number of hydrogen-bond donors (Lipinski definition) is 0. The molecule has 1 saturated heterocycles. The van der Waals surface area contributed by atoms with Gasteiger partial charge in [0.1, 0.15) is 6.61 Å². The molecule has 2 aromatic carbocycles. The van der Waals surface area contributed by atoms with Crippen molar-refractivity contribution in [1.29, 1.82) is 0 Å². The Kier molecular flexibility index (Phi) is 4.96. The number of esters is 1. The van der Waals surface area contributed by atoms with Crippen LogP contribution in [0.1, 0.15) is 24.5 Å². The fraction of sp³-hybridized carbons (Fsp3) is 0.333. The van der Waals surface area contributed by atoms with E-state index < -0.39 is 18.2 Å². The predicted octanol–water partition coefficient (Wildman–Crippen LogP) is 2.73. The molecular formula is C21H21NO5. The van der Waals surface area contributed by atoms with Crippen LogP contribution in [0, 0.1) is 0 Å². The van der Waals surface area contributed by atoms with Gasteiger partial charge < -0.3 is 19.1 Å². The lowest BCUT2D eigenvalue weighted by molar-refractivity contribution is -0.168. The fourth-order valence-corrected chi connectivity index (χ4v) is 3.32. The summed E-state index contributed by atoms with van der Waals surface area (Å²) < 4.78 is 16.9. The van der Waals surface area contributed by atoms with Crippen LogP contribution in [0.15, 0.2) is 54.6 Å². The number of rotatable bonds is 4. The lowest BCUT2D eigenvalue weighted by Crippen LogP contribution is -2.41. The highest BCUT2D eigenvalue weighted by Gasteiger charge is 2.35. The summed E-state index contributed by atoms with van der Waals surface area (Å²) in [6, 6.07) is 16.2. The summed E-state index contributed by atoms with van der Waals surface area (Å²) >= 11 is 0. The molecule has 2 aliphatic rings. The zero-order valence-corrected chi connectivity index (χ0v) is 14.9. The molecule has 1 fully saturated rings. The van der Waals surface area contributed by atoms with Gasteiger partial charge in [-0.3, -0.25) is 4.79 Å². The summed E-state index contributed by atoms with van der Waals surface area (Å²) in [5.41, 5.74) is 0.653. The van der Waals surface area contributed by atoms with Gasteiger partial charge in [0.25, 0.3) is 5.91 Å². The standard InChI is InChI=1S/C21H21NO5/c23-20(22-12-6-7-13-22)19(15-8-2-1-3-9-15)27-21(24)18-14-25-16-10-4-5-11-17(16)26-18/h1-5,8-11,18-19H,6-7,12-14H2/t18-,19-/m1/s1. The first-order valence-corrected chi connectivity index (χ1v) is 9.15. The Morgan fingerprint density at radius 3 is 2.37 bits per heavy atom. The van der Waals surface area contributed by atoms with Gasteiger partial charge in [-0.1, -0.05) is 42.5 Å². The second-order valence-corrected chi connectivity index (χ2v) is 6.62. The number of benzene rings is 2. The van der Waals surface area contributed by atoms with Crippen LogP contribution in [0.3, 0.4) is 0 Å². The molecule has 0 unspecified atom stereocenters. The van der Waals surface area contributed by atoms with Crippen LogP contribution in [0.2, 0.25) is 0 Å². The molecule has 27 heavy (non-hydrogen) atoms. The van der Waals surface area contributed by atoms with Crippen LogP contribution in [-0.2, 0) is 14.3 Å². The summed E-state index contributed by atoms with van der Waals surface area (Å²) in [6.07, 6.45) is 0.0600. The second kappa shape index (κ2) is 7.70. The molecule has 0 aliphatic carbocycles. The maximum absolute atomic E-state index is 12.9. The topological polar surface area (TPSA) is 65.1 Å². The molecule has 0 aromatic heterocycles. The van der Waals surface area contributed by atoms with E-state index in [-0.39, 0.29) is 12.5 Å². The van der Waals surface area contributed by atoms with Crippen molar-refractivity contribution in [3.05, 3.63) is 60.2 Å². The van der Waals surface area contributed by atoms with E-state index in [0.29, 0.717) is 30.2 Å². The highest BCUT2D eigenvalue weighted by Crippen LogP contribution is 2.32. The number of nitrogens with zero attached hydrogens (tertiary/aromatic N) is 1. The average Bonchev–Trinajstić information content (AvgIpc) is 3.26. The molecule has 0 spiro atoms. The van der Waals surface area contributed by atoms with Crippen molar-refractivity contribution in [3.63, 3.8) is 0 Å². The SMILES string of the molecule is O=C(O[C@@H](C(=O)N1CCCC1)c1ccccc1)[C@H]1COc2ccccc2O1. The lowest BCUT2D eigenvalue weighted by Gasteiger charge is -2.28. The maximum Gasteiger partial charge on any atom is 0.352 e. The van der Waals surface area contributed by atoms with Gasteiger partial charge in [0.05, 0.1) is 0 Å². The van der Waals surface area contributed by atoms with Gasteiger partial charge in [0.2, 0.25) is 12.2 Å². The van der Waals surface area contributed by atoms with Crippen molar-refractivity contribution >= 4 is 11.9 Å². The van der Waals surface area contributed by atoms with Crippen molar-refractivity contribution in [2.24, 2.45) is 0 Å². The van der Waals surface area contributed by atoms with E-state index in [4.69, 9.17) is 14.2 Å². The van der Waals surface area contributed by atoms with Crippen molar-refractivity contribution in [3.8, 4) is 11.5 Å². The van der Waals surface area contributed by atoms with Gasteiger partial charge >= 0.3 is 5.97 Å². The van der Waals surface area contributed by atoms with Gasteiger partial charge in [-0.05, 0) is 25.0 Å². The Morgan fingerprint density at radius 2 is 1.63 bits per heavy atom. The Morgan fingerprint density at radius 1 is 0.963 bits per heavy atom. The molecular weight excluding hydrogens is 346 g/mol. The van der Waals surface area contributed by atoms with Crippen LogP contribution >= 0.6 is 0 Å². The molecule has 0 bridgehead atoms. The summed E-state index contributed by atoms with van der Waals surface area (Å²) in [5, 5.41) is 0. The third kappa shape index (κ3) is 3.74. The first-order valence-electron chi connectivity index (χ1n) is 9.15. The van der Waals surface area contributed by atoms with E-state index in [9.17, 15) is 9.59 Å². The summed E-state index contributed by atoms with van der Waals surface area (Å²) in [4.78, 5) is 27.4. The third-order valence-corrected chi connectivity index (χ3v) is 4.75. The Labute approximate surface area is 157 Å². The number of fused-ring (bicyclic) bond motifs is 1. The fourth-order valence-electron chi connectivity index (χ4n) is 3.32. The molecule has 6 heteroatoms. The molecule has 2 heterocycles. The highest BCUT2D eigenvalue weighted by molar-refractivity contribution is 5.86. The monoisotopic (exact) mass is 367 g/mol. The molecule has 0 saturated carbocycles. The summed E-state index contributed by atoms with van der Waals surface area (Å²) in [6.45, 7) is 1.43. The first kappa shape index (κ1) is 17.4. The van der Waals surface area contributed by atoms with E-state index in [0.717, 1.165) is 12.8 Å². The predicted molar refractivity (Wildman–Crippen MR) is 97.4 cm³/mol. The molecule has 2 atom stereocenters. The van der Waals surface area contributed by atoms with Gasteiger partial charge in [-0.15, -0.1) is 0 Å². The van der Waals surface area contributed by atoms with Crippen molar-refractivity contribution in [1.82, 2.24) is 4.90 Å². The van der Waals surface area contributed by atoms with Gasteiger partial charge in [0, 0.05) is 18.7 Å². The number of ether oxygens (including phenoxy) is 3. The van der Waals surface area contributed by atoms with Crippen molar-refractivity contribution in [2.75, 3.05) is 19.7 Å². The maximum atomic E-state index is 12.9. The number of hydrogen-bond acceptors (Lipinski definition) is 5. The highest BCUT2D eigenvalue weighted by atomic mass is 16.6. The second-order valence-electron chi connectivity index (χ2n) is 6.62. The Bertz CT molecular complexity index is 816. The molecule has 140 valence electrons. The number of carbonyl (C=O) groups is 2. The number of para-hydroxylation sites is 2. The van der Waals surface area contributed by atoms with Gasteiger partial charge in [0.15, 0.2) is 11.5 Å². The van der Waals surface area contributed by atoms with E-state index in [1.165, 1.54) is 0 Å². The molecule has 1 amide bonds. The molecule has 4 rings (SSSR count). The summed E-state index contributed by atoms with van der Waals surface area (Å²) in [5.74, 6) is 0.289. The lowest BCUT2D eigenvalue weighted by atomic mass is 10.1. The number of amides is 1. The zero-order chi connectivity index (χ0) is 18.6. The van der Waals surface area contributed by atoms with Crippen LogP contribution in [0.4, 0.5) is 0 Å². The Hall–Kier alpha value is -3.02. The quantitative estimate of drug-likeness (QED) is 0.778. The Balaban J connectivity index is 1.51. The van der Waals surface area contributed by atoms with Crippen LogP contribution in [0.25, 0.3) is 0 Å². The minimum absolute atomic E-state index is 0.0509. The minimum Gasteiger partial charge on any atom is -0.485 e. The molecule has 0 N–H and O–H groups in total. The van der Waals surface area contributed by atoms with Crippen LogP contribution in [-0.4, -0.2) is 42.6 Å². The van der Waals surface area contributed by atoms with E-state index in [1.54, 1.807) is 35.2 Å². The molecule has 2 aliphatic heterocycles. The average molecular weight is 367 g/mol. The van der Waals surface area contributed by atoms with Crippen LogP contribution < -0.4 is 9.47 Å². The van der Waals surface area contributed by atoms with E-state index in [1.807, 2.05) is 24.3 Å². The van der Waals surface area contributed by atoms with Crippen molar-refractivity contribution < 1.29 is 23.8 Å². The largest absolute Gasteiger partial charge is 0.485 e. The summed E-state index contributed by atoms with van der Waals surface area (Å²) in [7, 11) is 0. The molecule has 0 radical (unpaired) electrons. The number of likely N-dealkylation sites (tertiary alicyclic amines) is 1. The molecule has 2 aromatic rings. The van der Waals surface area contributed by atoms with Gasteiger partial charge in [-0.25, -0.2) is 4.79 Å². The van der Waals surface area contributed by atoms with Crippen LogP contribution in [0.5, 0.6) is 11.5 Å². The van der Waals surface area contributed by atoms with E-state index in [2.05, 4.69) is 0 Å². The first-order chi connectivity index (χ1) is 13.2. The smallest absolute Gasteiger partial charge is 0.352 e.